The maximum Gasteiger partial charge on any atom is 0.420 e. The number of carbonyl (C=O) groups excluding carboxylic acids is 1. The van der Waals surface area contributed by atoms with E-state index >= 15 is 0 Å². The van der Waals surface area contributed by atoms with Gasteiger partial charge in [0.15, 0.2) is 5.65 Å². The molecule has 0 fully saturated rings. The van der Waals surface area contributed by atoms with Crippen molar-refractivity contribution >= 4 is 17.3 Å². The number of fused-ring (bicyclic) bond motifs is 1. The number of carbonyl (C=O) groups is 1. The van der Waals surface area contributed by atoms with Gasteiger partial charge in [0.2, 0.25) is 5.88 Å². The van der Waals surface area contributed by atoms with Gasteiger partial charge >= 0.3 is 6.09 Å². The Bertz CT molecular complexity index is 1070. The molecule has 0 aliphatic carbocycles. The van der Waals surface area contributed by atoms with Crippen LogP contribution >= 0.6 is 0 Å². The molecule has 0 N–H and O–H groups in total. The van der Waals surface area contributed by atoms with Crippen LogP contribution in [0, 0.1) is 18.8 Å². The number of aryl methyl sites for hydroxylation is 1. The number of methoxy groups -OCH3 is 1. The van der Waals surface area contributed by atoms with E-state index in [1.165, 1.54) is 10.8 Å². The Morgan fingerprint density at radius 2 is 2.00 bits per heavy atom. The van der Waals surface area contributed by atoms with E-state index in [4.69, 9.17) is 9.47 Å². The van der Waals surface area contributed by atoms with Gasteiger partial charge in [0.25, 0.3) is 0 Å². The van der Waals surface area contributed by atoms with Crippen molar-refractivity contribution in [3.63, 3.8) is 0 Å². The second kappa shape index (κ2) is 7.08. The third-order valence-corrected chi connectivity index (χ3v) is 3.55. The summed E-state index contributed by atoms with van der Waals surface area (Å²) < 4.78 is 11.9. The monoisotopic (exact) mass is 364 g/mol. The number of hydrogen-bond acceptors (Lipinski definition) is 6. The third-order valence-electron chi connectivity index (χ3n) is 3.55. The molecule has 138 valence electrons. The Morgan fingerprint density at radius 1 is 1.22 bits per heavy atom. The summed E-state index contributed by atoms with van der Waals surface area (Å²) in [6.07, 6.45) is 4.35. The van der Waals surface area contributed by atoms with E-state index in [-0.39, 0.29) is 0 Å². The topological polar surface area (TPSA) is 79.1 Å². The number of ether oxygens (including phenoxy) is 2. The second-order valence-corrected chi connectivity index (χ2v) is 6.93. The molecule has 0 radical (unpaired) electrons. The zero-order valence-electron chi connectivity index (χ0n) is 15.9. The Kier molecular flexibility index (Phi) is 4.82. The molecule has 0 atom stereocenters. The molecular weight excluding hydrogens is 344 g/mol. The summed E-state index contributed by atoms with van der Waals surface area (Å²) in [7, 11) is 1.55. The van der Waals surface area contributed by atoms with Crippen molar-refractivity contribution in [1.29, 1.82) is 0 Å². The summed E-state index contributed by atoms with van der Waals surface area (Å²) in [4.78, 5) is 25.3. The molecule has 0 aliphatic rings. The minimum Gasteiger partial charge on any atom is -0.481 e. The van der Waals surface area contributed by atoms with Gasteiger partial charge in [-0.2, -0.15) is 0 Å². The SMILES string of the molecule is COc1cc(C#Cc2cnc3c(n2)c(C)cn3C(=O)OC(C)(C)C)ccn1. The molecule has 3 aromatic rings. The maximum atomic E-state index is 12.4. The Labute approximate surface area is 157 Å². The minimum absolute atomic E-state index is 0.442. The highest BCUT2D eigenvalue weighted by Gasteiger charge is 2.21. The molecule has 0 saturated carbocycles. The molecule has 0 aliphatic heterocycles. The summed E-state index contributed by atoms with van der Waals surface area (Å²) in [6.45, 7) is 7.31. The summed E-state index contributed by atoms with van der Waals surface area (Å²) in [5.74, 6) is 6.48. The molecule has 7 heteroatoms. The average Bonchev–Trinajstić information content (AvgIpc) is 2.95. The van der Waals surface area contributed by atoms with Crippen molar-refractivity contribution in [3.05, 3.63) is 47.5 Å². The van der Waals surface area contributed by atoms with Crippen LogP contribution < -0.4 is 4.74 Å². The number of rotatable bonds is 1. The normalized spacial score (nSPS) is 11.0. The molecule has 3 heterocycles. The first-order chi connectivity index (χ1) is 12.8. The lowest BCUT2D eigenvalue weighted by Crippen LogP contribution is -2.26. The summed E-state index contributed by atoms with van der Waals surface area (Å²) in [6, 6.07) is 3.52. The van der Waals surface area contributed by atoms with Gasteiger partial charge in [0.05, 0.1) is 13.3 Å². The van der Waals surface area contributed by atoms with Crippen molar-refractivity contribution < 1.29 is 14.3 Å². The smallest absolute Gasteiger partial charge is 0.420 e. The fourth-order valence-electron chi connectivity index (χ4n) is 2.39. The number of hydrogen-bond donors (Lipinski definition) is 0. The van der Waals surface area contributed by atoms with Crippen molar-refractivity contribution in [2.24, 2.45) is 0 Å². The quantitative estimate of drug-likeness (QED) is 0.616. The number of aromatic nitrogens is 4. The van der Waals surface area contributed by atoms with Gasteiger partial charge < -0.3 is 9.47 Å². The predicted octanol–water partition coefficient (Wildman–Crippen LogP) is 3.33. The molecule has 0 bridgehead atoms. The van der Waals surface area contributed by atoms with Crippen molar-refractivity contribution in [2.75, 3.05) is 7.11 Å². The molecule has 3 aromatic heterocycles. The van der Waals surface area contributed by atoms with Crippen LogP contribution in [0.3, 0.4) is 0 Å². The van der Waals surface area contributed by atoms with Gasteiger partial charge in [-0.05, 0) is 45.2 Å². The molecule has 7 nitrogen and oxygen atoms in total. The van der Waals surface area contributed by atoms with Crippen LogP contribution in [0.4, 0.5) is 4.79 Å². The van der Waals surface area contributed by atoms with Crippen LogP contribution in [-0.2, 0) is 4.74 Å². The molecule has 3 rings (SSSR count). The van der Waals surface area contributed by atoms with Gasteiger partial charge in [-0.15, -0.1) is 0 Å². The Morgan fingerprint density at radius 3 is 2.70 bits per heavy atom. The minimum atomic E-state index is -0.591. The van der Waals surface area contributed by atoms with E-state index in [0.29, 0.717) is 22.7 Å². The molecule has 0 saturated heterocycles. The van der Waals surface area contributed by atoms with Crippen LogP contribution in [0.25, 0.3) is 11.2 Å². The maximum absolute atomic E-state index is 12.4. The van der Waals surface area contributed by atoms with Crippen molar-refractivity contribution in [3.8, 4) is 17.7 Å². The summed E-state index contributed by atoms with van der Waals surface area (Å²) in [5, 5.41) is 0. The largest absolute Gasteiger partial charge is 0.481 e. The Hall–Kier alpha value is -3.40. The lowest BCUT2D eigenvalue weighted by atomic mass is 10.2. The molecule has 0 aromatic carbocycles. The molecular formula is C20H20N4O3. The standard InChI is InChI=1S/C20H20N4O3/c1-13-12-24(19(25)27-20(2,3)4)18-17(13)23-15(11-22-18)7-6-14-8-9-21-16(10-14)26-5/h8-12H,1-5H3. The van der Waals surface area contributed by atoms with E-state index in [1.54, 1.807) is 31.6 Å². The fraction of sp³-hybridized carbons (Fsp3) is 0.300. The van der Waals surface area contributed by atoms with Crippen LogP contribution in [0.15, 0.2) is 30.7 Å². The molecule has 0 amide bonds. The number of nitrogens with zero attached hydrogens (tertiary/aromatic N) is 4. The van der Waals surface area contributed by atoms with Gasteiger partial charge in [0, 0.05) is 24.0 Å². The lowest BCUT2D eigenvalue weighted by Gasteiger charge is -2.19. The van der Waals surface area contributed by atoms with Gasteiger partial charge in [-0.25, -0.2) is 24.3 Å². The highest BCUT2D eigenvalue weighted by Crippen LogP contribution is 2.19. The van der Waals surface area contributed by atoms with Crippen molar-refractivity contribution in [1.82, 2.24) is 19.5 Å². The van der Waals surface area contributed by atoms with Gasteiger partial charge in [0.1, 0.15) is 16.8 Å². The summed E-state index contributed by atoms with van der Waals surface area (Å²) >= 11 is 0. The van der Waals surface area contributed by atoms with Crippen LogP contribution in [0.5, 0.6) is 5.88 Å². The van der Waals surface area contributed by atoms with Gasteiger partial charge in [-0.3, -0.25) is 0 Å². The Balaban J connectivity index is 1.94. The highest BCUT2D eigenvalue weighted by atomic mass is 16.6. The fourth-order valence-corrected chi connectivity index (χ4v) is 2.39. The van der Waals surface area contributed by atoms with E-state index < -0.39 is 11.7 Å². The first-order valence-corrected chi connectivity index (χ1v) is 8.37. The zero-order valence-corrected chi connectivity index (χ0v) is 15.9. The van der Waals surface area contributed by atoms with E-state index in [2.05, 4.69) is 26.8 Å². The molecule has 0 unspecified atom stereocenters. The van der Waals surface area contributed by atoms with Crippen LogP contribution in [0.2, 0.25) is 0 Å². The zero-order chi connectivity index (χ0) is 19.6. The van der Waals surface area contributed by atoms with Crippen LogP contribution in [0.1, 0.15) is 37.6 Å². The van der Waals surface area contributed by atoms with E-state index in [1.807, 2.05) is 27.7 Å². The van der Waals surface area contributed by atoms with Crippen molar-refractivity contribution in [2.45, 2.75) is 33.3 Å². The first kappa shape index (κ1) is 18.4. The van der Waals surface area contributed by atoms with Crippen LogP contribution in [-0.4, -0.2) is 38.3 Å². The predicted molar refractivity (Wildman–Crippen MR) is 101 cm³/mol. The third kappa shape index (κ3) is 4.23. The average molecular weight is 364 g/mol. The second-order valence-electron chi connectivity index (χ2n) is 6.93. The number of pyridine rings is 1. The van der Waals surface area contributed by atoms with E-state index in [0.717, 1.165) is 11.1 Å². The first-order valence-electron chi connectivity index (χ1n) is 8.37. The lowest BCUT2D eigenvalue weighted by molar-refractivity contribution is 0.0543. The molecule has 27 heavy (non-hydrogen) atoms. The van der Waals surface area contributed by atoms with Gasteiger partial charge in [-0.1, -0.05) is 5.92 Å². The summed E-state index contributed by atoms with van der Waals surface area (Å²) in [5.41, 5.74) is 2.54. The van der Waals surface area contributed by atoms with E-state index in [9.17, 15) is 4.79 Å². The molecule has 0 spiro atoms. The highest BCUT2D eigenvalue weighted by molar-refractivity contribution is 5.87.